The van der Waals surface area contributed by atoms with Crippen LogP contribution in [0.15, 0.2) is 53.4 Å². The maximum Gasteiger partial charge on any atom is 0.115 e. The van der Waals surface area contributed by atoms with Crippen molar-refractivity contribution in [1.82, 2.24) is 0 Å². The van der Waals surface area contributed by atoms with Gasteiger partial charge in [0.15, 0.2) is 0 Å². The fourth-order valence-corrected chi connectivity index (χ4v) is 2.68. The molecule has 0 amide bonds. The van der Waals surface area contributed by atoms with Crippen LogP contribution in [0.2, 0.25) is 0 Å². The average molecular weight is 247 g/mol. The number of phenolic OH excluding ortho intramolecular Hbond substituents is 1. The zero-order chi connectivity index (χ0) is 12.3. The Hall–Kier alpha value is -1.81. The number of aromatic hydroxyl groups is 1. The predicted octanol–water partition coefficient (Wildman–Crippen LogP) is 2.28. The Labute approximate surface area is 102 Å². The molecular weight excluding hydrogens is 234 g/mol. The van der Waals surface area contributed by atoms with Gasteiger partial charge in [0.05, 0.1) is 16.6 Å². The summed E-state index contributed by atoms with van der Waals surface area (Å²) in [7, 11) is -1.14. The largest absolute Gasteiger partial charge is 0.508 e. The quantitative estimate of drug-likeness (QED) is 0.818. The second-order valence-corrected chi connectivity index (χ2v) is 5.18. The lowest BCUT2D eigenvalue weighted by atomic mass is 10.2. The maximum atomic E-state index is 12.1. The third kappa shape index (κ3) is 3.07. The molecule has 0 aliphatic rings. The fraction of sp³-hybridized carbons (Fsp3) is 0.0769. The molecule has 0 aromatic heterocycles. The first kappa shape index (κ1) is 11.7. The minimum Gasteiger partial charge on any atom is -0.508 e. The van der Waals surface area contributed by atoms with Crippen molar-refractivity contribution < 1.29 is 9.32 Å². The molecule has 3 N–H and O–H groups in total. The van der Waals surface area contributed by atoms with Crippen LogP contribution in [0.5, 0.6) is 5.75 Å². The van der Waals surface area contributed by atoms with Crippen LogP contribution < -0.4 is 5.73 Å². The lowest BCUT2D eigenvalue weighted by molar-refractivity contribution is 0.475. The zero-order valence-corrected chi connectivity index (χ0v) is 9.98. The van der Waals surface area contributed by atoms with E-state index in [9.17, 15) is 9.32 Å². The third-order valence-electron chi connectivity index (χ3n) is 2.33. The van der Waals surface area contributed by atoms with Crippen LogP contribution in [-0.2, 0) is 16.6 Å². The van der Waals surface area contributed by atoms with Gasteiger partial charge < -0.3 is 10.8 Å². The van der Waals surface area contributed by atoms with Gasteiger partial charge in [-0.3, -0.25) is 4.21 Å². The Morgan fingerprint density at radius 1 is 1.12 bits per heavy atom. The molecule has 0 aliphatic carbocycles. The van der Waals surface area contributed by atoms with E-state index in [0.717, 1.165) is 5.56 Å². The predicted molar refractivity (Wildman–Crippen MR) is 69.1 cm³/mol. The summed E-state index contributed by atoms with van der Waals surface area (Å²) in [5, 5.41) is 9.32. The number of nitrogen functional groups attached to an aromatic ring is 1. The van der Waals surface area contributed by atoms with E-state index in [2.05, 4.69) is 0 Å². The van der Waals surface area contributed by atoms with E-state index in [0.29, 0.717) is 16.3 Å². The molecule has 0 saturated carbocycles. The van der Waals surface area contributed by atoms with Crippen molar-refractivity contribution in [1.29, 1.82) is 0 Å². The normalized spacial score (nSPS) is 12.2. The number of anilines is 1. The fourth-order valence-electron chi connectivity index (χ4n) is 1.54. The summed E-state index contributed by atoms with van der Waals surface area (Å²) in [5.74, 6) is 0.560. The monoisotopic (exact) mass is 247 g/mol. The molecule has 0 radical (unpaired) electrons. The summed E-state index contributed by atoms with van der Waals surface area (Å²) in [6.45, 7) is 0. The van der Waals surface area contributed by atoms with Crippen LogP contribution in [-0.4, -0.2) is 9.32 Å². The van der Waals surface area contributed by atoms with Crippen molar-refractivity contribution in [2.24, 2.45) is 0 Å². The topological polar surface area (TPSA) is 63.3 Å². The lowest BCUT2D eigenvalue weighted by Crippen LogP contribution is -1.97. The van der Waals surface area contributed by atoms with Crippen molar-refractivity contribution >= 4 is 16.5 Å². The number of phenols is 1. The first-order valence-electron chi connectivity index (χ1n) is 5.17. The summed E-state index contributed by atoms with van der Waals surface area (Å²) in [6, 6.07) is 13.8. The Morgan fingerprint density at radius 2 is 1.88 bits per heavy atom. The van der Waals surface area contributed by atoms with Gasteiger partial charge in [-0.15, -0.1) is 0 Å². The van der Waals surface area contributed by atoms with Crippen molar-refractivity contribution in [3.8, 4) is 5.75 Å². The number of hydrogen-bond donors (Lipinski definition) is 2. The summed E-state index contributed by atoms with van der Waals surface area (Å²) >= 11 is 0. The van der Waals surface area contributed by atoms with E-state index in [1.165, 1.54) is 0 Å². The van der Waals surface area contributed by atoms with Crippen LogP contribution in [0.3, 0.4) is 0 Å². The van der Waals surface area contributed by atoms with E-state index < -0.39 is 10.8 Å². The van der Waals surface area contributed by atoms with Crippen molar-refractivity contribution in [2.45, 2.75) is 10.6 Å². The summed E-state index contributed by atoms with van der Waals surface area (Å²) in [6.07, 6.45) is 0. The lowest BCUT2D eigenvalue weighted by Gasteiger charge is -2.04. The van der Waals surface area contributed by atoms with Gasteiger partial charge in [0.1, 0.15) is 5.75 Å². The highest BCUT2D eigenvalue weighted by Gasteiger charge is 2.05. The molecule has 1 unspecified atom stereocenters. The molecule has 0 spiro atoms. The highest BCUT2D eigenvalue weighted by atomic mass is 32.2. The van der Waals surface area contributed by atoms with Gasteiger partial charge >= 0.3 is 0 Å². The molecule has 1 atom stereocenters. The molecule has 0 saturated heterocycles. The molecular formula is C13H13NO2S. The molecule has 88 valence electrons. The van der Waals surface area contributed by atoms with Gasteiger partial charge in [-0.2, -0.15) is 0 Å². The number of benzene rings is 2. The summed E-state index contributed by atoms with van der Waals surface area (Å²) < 4.78 is 12.1. The molecule has 3 nitrogen and oxygen atoms in total. The number of nitrogens with two attached hydrogens (primary N) is 1. The highest BCUT2D eigenvalue weighted by Crippen LogP contribution is 2.17. The second kappa shape index (κ2) is 5.01. The molecule has 2 aromatic carbocycles. The molecule has 2 aromatic rings. The maximum absolute atomic E-state index is 12.1. The van der Waals surface area contributed by atoms with Crippen LogP contribution in [0.25, 0.3) is 0 Å². The van der Waals surface area contributed by atoms with Crippen LogP contribution >= 0.6 is 0 Å². The number of hydrogen-bond acceptors (Lipinski definition) is 3. The van der Waals surface area contributed by atoms with E-state index in [-0.39, 0.29) is 5.75 Å². The smallest absolute Gasteiger partial charge is 0.115 e. The number of rotatable bonds is 3. The van der Waals surface area contributed by atoms with Gasteiger partial charge in [0.25, 0.3) is 0 Å². The summed E-state index contributed by atoms with van der Waals surface area (Å²) in [4.78, 5) is 0.702. The molecule has 0 heterocycles. The van der Waals surface area contributed by atoms with E-state index in [4.69, 9.17) is 5.73 Å². The molecule has 4 heteroatoms. The first-order chi connectivity index (χ1) is 8.15. The van der Waals surface area contributed by atoms with Crippen LogP contribution in [0, 0.1) is 0 Å². The SMILES string of the molecule is Nc1cccc(S(=O)Cc2cccc(O)c2)c1. The Balaban J connectivity index is 2.17. The molecule has 0 aliphatic heterocycles. The molecule has 0 bridgehead atoms. The first-order valence-corrected chi connectivity index (χ1v) is 6.49. The minimum absolute atomic E-state index is 0.187. The zero-order valence-electron chi connectivity index (χ0n) is 9.17. The van der Waals surface area contributed by atoms with Gasteiger partial charge in [-0.05, 0) is 35.9 Å². The standard InChI is InChI=1S/C13H13NO2S/c14-11-4-2-6-13(8-11)17(16)9-10-3-1-5-12(15)7-10/h1-8,15H,9,14H2. The minimum atomic E-state index is -1.14. The van der Waals surface area contributed by atoms with Crippen molar-refractivity contribution in [3.63, 3.8) is 0 Å². The van der Waals surface area contributed by atoms with E-state index in [1.807, 2.05) is 6.07 Å². The third-order valence-corrected chi connectivity index (χ3v) is 3.70. The average Bonchev–Trinajstić information content (AvgIpc) is 2.29. The Kier molecular flexibility index (Phi) is 3.44. The van der Waals surface area contributed by atoms with Gasteiger partial charge in [-0.25, -0.2) is 0 Å². The van der Waals surface area contributed by atoms with Crippen molar-refractivity contribution in [3.05, 3.63) is 54.1 Å². The van der Waals surface area contributed by atoms with Crippen molar-refractivity contribution in [2.75, 3.05) is 5.73 Å². The van der Waals surface area contributed by atoms with Crippen LogP contribution in [0.1, 0.15) is 5.56 Å². The second-order valence-electron chi connectivity index (χ2n) is 3.73. The molecule has 0 fully saturated rings. The van der Waals surface area contributed by atoms with Gasteiger partial charge in [0.2, 0.25) is 0 Å². The van der Waals surface area contributed by atoms with E-state index in [1.54, 1.807) is 42.5 Å². The Bertz CT molecular complexity index is 555. The highest BCUT2D eigenvalue weighted by molar-refractivity contribution is 7.84. The molecule has 2 rings (SSSR count). The Morgan fingerprint density at radius 3 is 2.59 bits per heavy atom. The van der Waals surface area contributed by atoms with Crippen LogP contribution in [0.4, 0.5) is 5.69 Å². The summed E-state index contributed by atoms with van der Waals surface area (Å²) in [5.41, 5.74) is 7.08. The molecule has 17 heavy (non-hydrogen) atoms. The van der Waals surface area contributed by atoms with Gasteiger partial charge in [-0.1, -0.05) is 18.2 Å². The van der Waals surface area contributed by atoms with Gasteiger partial charge in [0, 0.05) is 10.6 Å². The van der Waals surface area contributed by atoms with E-state index >= 15 is 0 Å².